The molecule has 0 fully saturated rings. The van der Waals surface area contributed by atoms with Crippen molar-refractivity contribution in [1.29, 1.82) is 0 Å². The molecule has 15 nitrogen and oxygen atoms in total. The topological polar surface area (TPSA) is 210 Å². The van der Waals surface area contributed by atoms with E-state index in [0.29, 0.717) is 11.3 Å². The lowest BCUT2D eigenvalue weighted by Gasteiger charge is -2.36. The smallest absolute Gasteiger partial charge is 0.412 e. The standard InChI is InChI=1S/C52H59N5O10S/c1-50(2,3)66-48(63)56-41(31-32-53-47(62)65-40-29-27-35(28-30-40)33-42(46(60)61)57-49(64)67-51(4,5)6)44(58)55-43(45(59)54-39-25-17-10-18-26-39)34-68-52(36-19-11-7-12-20-36,37-21-13-8-14-22-37)38-23-15-9-16-24-38/h7-30,41-43H,31-34H2,1-6H3,(H,53,62)(H,54,59)(H,55,58)(H,56,63)(H,57,64)(H,60,61)/t41-,42-,43-/m0/s1. The number of carbonyl (C=O) groups is 6. The molecular weight excluding hydrogens is 887 g/mol. The molecule has 3 atom stereocenters. The van der Waals surface area contributed by atoms with Crippen LogP contribution in [0, 0.1) is 0 Å². The average molecular weight is 946 g/mol. The SMILES string of the molecule is CC(C)(C)OC(=O)N[C@@H](Cc1ccc(OC(=O)NCC[C@H](NC(=O)OC(C)(C)C)C(=O)N[C@@H](CSC(c2ccccc2)(c2ccccc2)c2ccccc2)C(=O)Nc2ccccc2)cc1)C(=O)O. The largest absolute Gasteiger partial charge is 0.480 e. The van der Waals surface area contributed by atoms with Gasteiger partial charge in [-0.15, -0.1) is 11.8 Å². The number of thioether (sulfide) groups is 1. The number of carboxylic acids is 1. The second-order valence-corrected chi connectivity index (χ2v) is 18.9. The van der Waals surface area contributed by atoms with Gasteiger partial charge in [-0.3, -0.25) is 9.59 Å². The lowest BCUT2D eigenvalue weighted by atomic mass is 9.84. The summed E-state index contributed by atoms with van der Waals surface area (Å²) in [5, 5.41) is 23.1. The molecule has 0 aliphatic heterocycles. The minimum Gasteiger partial charge on any atom is -0.480 e. The number of carboxylic acid groups (broad SMARTS) is 1. The first kappa shape index (κ1) is 51.7. The molecule has 0 heterocycles. The number of aliphatic carboxylic acids is 1. The number of hydrogen-bond acceptors (Lipinski definition) is 10. The molecule has 0 radical (unpaired) electrons. The number of anilines is 1. The van der Waals surface area contributed by atoms with E-state index >= 15 is 0 Å². The Morgan fingerprint density at radius 1 is 0.544 bits per heavy atom. The molecule has 5 rings (SSSR count). The van der Waals surface area contributed by atoms with E-state index in [1.807, 2.05) is 97.1 Å². The van der Waals surface area contributed by atoms with Crippen molar-refractivity contribution in [3.8, 4) is 5.75 Å². The number of carbonyl (C=O) groups excluding carboxylic acids is 5. The highest BCUT2D eigenvalue weighted by molar-refractivity contribution is 8.00. The second kappa shape index (κ2) is 23.9. The summed E-state index contributed by atoms with van der Waals surface area (Å²) in [5.41, 5.74) is 2.18. The third-order valence-corrected chi connectivity index (χ3v) is 11.6. The van der Waals surface area contributed by atoms with Crippen LogP contribution in [0.15, 0.2) is 146 Å². The molecule has 0 saturated carbocycles. The Labute approximate surface area is 401 Å². The van der Waals surface area contributed by atoms with Gasteiger partial charge in [0, 0.05) is 24.4 Å². The molecule has 5 aromatic rings. The van der Waals surface area contributed by atoms with E-state index in [1.54, 1.807) is 77.9 Å². The Balaban J connectivity index is 1.34. The van der Waals surface area contributed by atoms with Crippen LogP contribution in [0.2, 0.25) is 0 Å². The summed E-state index contributed by atoms with van der Waals surface area (Å²) in [7, 11) is 0. The molecule has 6 N–H and O–H groups in total. The second-order valence-electron chi connectivity index (χ2n) is 17.7. The van der Waals surface area contributed by atoms with Gasteiger partial charge in [0.1, 0.15) is 35.1 Å². The molecule has 68 heavy (non-hydrogen) atoms. The maximum Gasteiger partial charge on any atom is 0.412 e. The fourth-order valence-corrected chi connectivity index (χ4v) is 8.50. The molecule has 0 aliphatic rings. The zero-order valence-electron chi connectivity index (χ0n) is 38.9. The first-order valence-electron chi connectivity index (χ1n) is 22.0. The maximum atomic E-state index is 14.4. The van der Waals surface area contributed by atoms with Crippen LogP contribution in [0.4, 0.5) is 20.1 Å². The first-order valence-corrected chi connectivity index (χ1v) is 23.0. The van der Waals surface area contributed by atoms with Gasteiger partial charge < -0.3 is 45.9 Å². The number of para-hydroxylation sites is 1. The van der Waals surface area contributed by atoms with Gasteiger partial charge in [-0.25, -0.2) is 19.2 Å². The molecule has 0 saturated heterocycles. The molecule has 0 aliphatic carbocycles. The van der Waals surface area contributed by atoms with Crippen molar-refractivity contribution in [3.63, 3.8) is 0 Å². The van der Waals surface area contributed by atoms with Crippen molar-refractivity contribution in [2.45, 2.75) is 88.5 Å². The van der Waals surface area contributed by atoms with E-state index in [-0.39, 0.29) is 30.9 Å². The number of benzene rings is 5. The van der Waals surface area contributed by atoms with E-state index < -0.39 is 70.1 Å². The predicted octanol–water partition coefficient (Wildman–Crippen LogP) is 8.43. The number of ether oxygens (including phenoxy) is 3. The molecule has 0 bridgehead atoms. The summed E-state index contributed by atoms with van der Waals surface area (Å²) in [5.74, 6) is -2.27. The maximum absolute atomic E-state index is 14.4. The lowest BCUT2D eigenvalue weighted by molar-refractivity contribution is -0.139. The Bertz CT molecular complexity index is 2350. The van der Waals surface area contributed by atoms with Crippen molar-refractivity contribution in [3.05, 3.63) is 168 Å². The third-order valence-electron chi connectivity index (χ3n) is 9.95. The average Bonchev–Trinajstić information content (AvgIpc) is 3.29. The summed E-state index contributed by atoms with van der Waals surface area (Å²) in [4.78, 5) is 78.9. The van der Waals surface area contributed by atoms with E-state index in [2.05, 4.69) is 26.6 Å². The third kappa shape index (κ3) is 15.9. The predicted molar refractivity (Wildman–Crippen MR) is 261 cm³/mol. The normalized spacial score (nSPS) is 12.8. The fraction of sp³-hybridized carbons (Fsp3) is 0.308. The van der Waals surface area contributed by atoms with Gasteiger partial charge in [0.05, 0.1) is 4.75 Å². The van der Waals surface area contributed by atoms with Crippen LogP contribution in [-0.4, -0.2) is 82.8 Å². The number of nitrogens with one attached hydrogen (secondary N) is 5. The highest BCUT2D eigenvalue weighted by Gasteiger charge is 2.39. The Kier molecular flexibility index (Phi) is 18.2. The van der Waals surface area contributed by atoms with E-state index in [0.717, 1.165) is 16.7 Å². The molecule has 16 heteroatoms. The van der Waals surface area contributed by atoms with Crippen molar-refractivity contribution in [2.24, 2.45) is 0 Å². The Morgan fingerprint density at radius 2 is 1.00 bits per heavy atom. The molecule has 358 valence electrons. The van der Waals surface area contributed by atoms with E-state index in [1.165, 1.54) is 23.9 Å². The van der Waals surface area contributed by atoms with Crippen LogP contribution in [0.3, 0.4) is 0 Å². The number of amides is 5. The lowest BCUT2D eigenvalue weighted by Crippen LogP contribution is -2.55. The zero-order chi connectivity index (χ0) is 49.3. The minimum atomic E-state index is -1.29. The zero-order valence-corrected chi connectivity index (χ0v) is 39.8. The highest BCUT2D eigenvalue weighted by Crippen LogP contribution is 2.48. The summed E-state index contributed by atoms with van der Waals surface area (Å²) in [6.07, 6.45) is -2.84. The summed E-state index contributed by atoms with van der Waals surface area (Å²) >= 11 is 1.47. The molecule has 0 spiro atoms. The van der Waals surface area contributed by atoms with Crippen LogP contribution in [-0.2, 0) is 35.0 Å². The van der Waals surface area contributed by atoms with Crippen molar-refractivity contribution in [2.75, 3.05) is 17.6 Å². The van der Waals surface area contributed by atoms with Gasteiger partial charge in [0.2, 0.25) is 11.8 Å². The summed E-state index contributed by atoms with van der Waals surface area (Å²) in [6.45, 7) is 9.86. The minimum absolute atomic E-state index is 0.0723. The summed E-state index contributed by atoms with van der Waals surface area (Å²) in [6, 6.07) is 40.9. The quantitative estimate of drug-likeness (QED) is 0.0433. The fourth-order valence-electron chi connectivity index (χ4n) is 6.94. The van der Waals surface area contributed by atoms with Gasteiger partial charge >= 0.3 is 24.2 Å². The van der Waals surface area contributed by atoms with Gasteiger partial charge in [0.25, 0.3) is 0 Å². The number of hydrogen-bond donors (Lipinski definition) is 6. The van der Waals surface area contributed by atoms with Crippen molar-refractivity contribution in [1.82, 2.24) is 21.3 Å². The van der Waals surface area contributed by atoms with Crippen LogP contribution >= 0.6 is 11.8 Å². The molecule has 5 aromatic carbocycles. The molecular formula is C52H59N5O10S. The Hall–Kier alpha value is -7.33. The molecule has 5 amide bonds. The molecule has 0 unspecified atom stereocenters. The number of alkyl carbamates (subject to hydrolysis) is 2. The van der Waals surface area contributed by atoms with Gasteiger partial charge in [-0.05, 0) is 94.5 Å². The van der Waals surface area contributed by atoms with Crippen LogP contribution in [0.25, 0.3) is 0 Å². The number of rotatable bonds is 19. The van der Waals surface area contributed by atoms with Gasteiger partial charge in [-0.1, -0.05) is 121 Å². The van der Waals surface area contributed by atoms with Gasteiger partial charge in [-0.2, -0.15) is 0 Å². The van der Waals surface area contributed by atoms with Crippen LogP contribution in [0.1, 0.15) is 70.2 Å². The summed E-state index contributed by atoms with van der Waals surface area (Å²) < 4.78 is 15.3. The molecule has 0 aromatic heterocycles. The van der Waals surface area contributed by atoms with Crippen molar-refractivity contribution >= 4 is 53.5 Å². The Morgan fingerprint density at radius 3 is 1.46 bits per heavy atom. The van der Waals surface area contributed by atoms with E-state index in [4.69, 9.17) is 14.2 Å². The van der Waals surface area contributed by atoms with Crippen molar-refractivity contribution < 1.29 is 48.1 Å². The van der Waals surface area contributed by atoms with Crippen LogP contribution in [0.5, 0.6) is 5.75 Å². The van der Waals surface area contributed by atoms with Gasteiger partial charge in [0.15, 0.2) is 0 Å². The highest BCUT2D eigenvalue weighted by atomic mass is 32.2. The van der Waals surface area contributed by atoms with Crippen LogP contribution < -0.4 is 31.3 Å². The van der Waals surface area contributed by atoms with E-state index in [9.17, 15) is 33.9 Å². The monoisotopic (exact) mass is 945 g/mol. The first-order chi connectivity index (χ1) is 32.3.